The highest BCUT2D eigenvalue weighted by atomic mass is 32.2. The lowest BCUT2D eigenvalue weighted by Crippen LogP contribution is -2.29. The van der Waals surface area contributed by atoms with E-state index in [0.717, 1.165) is 5.69 Å². The third kappa shape index (κ3) is 4.36. The molecule has 86 valence electrons. The second kappa shape index (κ2) is 5.19. The Balaban J connectivity index is 2.23. The van der Waals surface area contributed by atoms with Gasteiger partial charge in [0.1, 0.15) is 0 Å². The Hall–Kier alpha value is -0.990. The van der Waals surface area contributed by atoms with Crippen LogP contribution in [0.4, 0.5) is 0 Å². The minimum atomic E-state index is -3.12. The fourth-order valence-electron chi connectivity index (χ4n) is 1.00. The largest absolute Gasteiger partial charge is 0.310 e. The average Bonchev–Trinajstić information content (AvgIpc) is 2.59. The molecule has 15 heavy (non-hydrogen) atoms. The van der Waals surface area contributed by atoms with Gasteiger partial charge in [0.05, 0.1) is 11.4 Å². The summed E-state index contributed by atoms with van der Waals surface area (Å²) in [6.07, 6.45) is 1.78. The van der Waals surface area contributed by atoms with Gasteiger partial charge in [0.25, 0.3) is 0 Å². The van der Waals surface area contributed by atoms with Crippen LogP contribution >= 0.6 is 0 Å². The van der Waals surface area contributed by atoms with Gasteiger partial charge in [-0.15, -0.1) is 5.10 Å². The van der Waals surface area contributed by atoms with Gasteiger partial charge in [0.15, 0.2) is 0 Å². The smallest absolute Gasteiger partial charge is 0.212 e. The fourth-order valence-corrected chi connectivity index (χ4v) is 1.62. The molecular formula is C7H15N5O2S. The first kappa shape index (κ1) is 12.1. The average molecular weight is 233 g/mol. The second-order valence-corrected chi connectivity index (χ2v) is 5.13. The van der Waals surface area contributed by atoms with Gasteiger partial charge in [0, 0.05) is 26.3 Å². The summed E-state index contributed by atoms with van der Waals surface area (Å²) < 4.78 is 25.9. The molecular weight excluding hydrogens is 218 g/mol. The topological polar surface area (TPSA) is 88.9 Å². The van der Waals surface area contributed by atoms with Crippen molar-refractivity contribution in [3.8, 4) is 0 Å². The van der Waals surface area contributed by atoms with Crippen LogP contribution in [-0.2, 0) is 23.6 Å². The number of rotatable bonds is 6. The summed E-state index contributed by atoms with van der Waals surface area (Å²) >= 11 is 0. The fraction of sp³-hybridized carbons (Fsp3) is 0.714. The summed E-state index contributed by atoms with van der Waals surface area (Å²) in [5, 5.41) is 10.6. The lowest BCUT2D eigenvalue weighted by Gasteiger charge is -2.02. The monoisotopic (exact) mass is 233 g/mol. The molecule has 1 rings (SSSR count). The first-order valence-corrected chi connectivity index (χ1v) is 6.16. The van der Waals surface area contributed by atoms with Crippen LogP contribution in [0, 0.1) is 0 Å². The maximum atomic E-state index is 11.0. The van der Waals surface area contributed by atoms with Crippen LogP contribution in [0.1, 0.15) is 5.69 Å². The Morgan fingerprint density at radius 3 is 2.80 bits per heavy atom. The molecule has 0 aliphatic carbocycles. The molecule has 2 N–H and O–H groups in total. The molecule has 0 aliphatic rings. The number of nitrogens with one attached hydrogen (secondary N) is 2. The predicted octanol–water partition coefficient (Wildman–Crippen LogP) is -1.55. The van der Waals surface area contributed by atoms with Crippen LogP contribution in [-0.4, -0.2) is 42.8 Å². The van der Waals surface area contributed by atoms with Crippen molar-refractivity contribution in [2.45, 2.75) is 6.54 Å². The molecule has 0 aromatic carbocycles. The van der Waals surface area contributed by atoms with Gasteiger partial charge in [-0.05, 0) is 7.05 Å². The van der Waals surface area contributed by atoms with Crippen molar-refractivity contribution >= 4 is 10.0 Å². The summed E-state index contributed by atoms with van der Waals surface area (Å²) in [6, 6.07) is 0. The summed E-state index contributed by atoms with van der Waals surface area (Å²) in [6.45, 7) is 0.910. The molecule has 0 amide bonds. The summed E-state index contributed by atoms with van der Waals surface area (Å²) in [5.74, 6) is 0.0593. The van der Waals surface area contributed by atoms with E-state index in [4.69, 9.17) is 0 Å². The number of aryl methyl sites for hydroxylation is 1. The van der Waals surface area contributed by atoms with Crippen molar-refractivity contribution < 1.29 is 8.42 Å². The SMILES string of the molecule is CNS(=O)(=O)CCNCc1cn(C)nn1. The van der Waals surface area contributed by atoms with Crippen LogP contribution < -0.4 is 10.0 Å². The summed E-state index contributed by atoms with van der Waals surface area (Å²) in [7, 11) is 0.0581. The Labute approximate surface area is 88.9 Å². The standard InChI is InChI=1S/C7H15N5O2S/c1-8-15(13,14)4-3-9-5-7-6-12(2)11-10-7/h6,8-9H,3-5H2,1-2H3. The minimum Gasteiger partial charge on any atom is -0.310 e. The van der Waals surface area contributed by atoms with E-state index in [1.165, 1.54) is 7.05 Å². The third-order valence-electron chi connectivity index (χ3n) is 1.81. The zero-order valence-corrected chi connectivity index (χ0v) is 9.58. The van der Waals surface area contributed by atoms with E-state index in [0.29, 0.717) is 13.1 Å². The molecule has 0 aliphatic heterocycles. The van der Waals surface area contributed by atoms with Gasteiger partial charge in [-0.2, -0.15) is 0 Å². The highest BCUT2D eigenvalue weighted by molar-refractivity contribution is 7.89. The maximum Gasteiger partial charge on any atom is 0.212 e. The van der Waals surface area contributed by atoms with E-state index < -0.39 is 10.0 Å². The van der Waals surface area contributed by atoms with E-state index in [1.807, 2.05) is 0 Å². The molecule has 0 saturated carbocycles. The molecule has 7 nitrogen and oxygen atoms in total. The molecule has 0 atom stereocenters. The molecule has 0 bridgehead atoms. The highest BCUT2D eigenvalue weighted by Crippen LogP contribution is 1.89. The lowest BCUT2D eigenvalue weighted by atomic mass is 10.5. The molecule has 0 spiro atoms. The number of hydrogen-bond acceptors (Lipinski definition) is 5. The minimum absolute atomic E-state index is 0.0593. The Morgan fingerprint density at radius 2 is 2.27 bits per heavy atom. The van der Waals surface area contributed by atoms with Crippen LogP contribution in [0.5, 0.6) is 0 Å². The van der Waals surface area contributed by atoms with Gasteiger partial charge in [-0.1, -0.05) is 5.21 Å². The Morgan fingerprint density at radius 1 is 1.53 bits per heavy atom. The summed E-state index contributed by atoms with van der Waals surface area (Å²) in [5.41, 5.74) is 0.791. The molecule has 1 heterocycles. The molecule has 0 saturated heterocycles. The van der Waals surface area contributed by atoms with Crippen molar-refractivity contribution in [2.75, 3.05) is 19.3 Å². The van der Waals surface area contributed by atoms with Gasteiger partial charge in [-0.3, -0.25) is 4.68 Å². The van der Waals surface area contributed by atoms with Crippen molar-refractivity contribution in [3.63, 3.8) is 0 Å². The van der Waals surface area contributed by atoms with Crippen LogP contribution in [0.2, 0.25) is 0 Å². The van der Waals surface area contributed by atoms with E-state index >= 15 is 0 Å². The Kier molecular flexibility index (Phi) is 4.18. The van der Waals surface area contributed by atoms with Crippen molar-refractivity contribution in [1.82, 2.24) is 25.0 Å². The molecule has 0 fully saturated rings. The second-order valence-electron chi connectivity index (χ2n) is 3.08. The summed E-state index contributed by atoms with van der Waals surface area (Å²) in [4.78, 5) is 0. The lowest BCUT2D eigenvalue weighted by molar-refractivity contribution is 0.582. The molecule has 1 aromatic heterocycles. The first-order valence-electron chi connectivity index (χ1n) is 4.50. The zero-order valence-electron chi connectivity index (χ0n) is 8.77. The number of nitrogens with zero attached hydrogens (tertiary/aromatic N) is 3. The first-order chi connectivity index (χ1) is 7.03. The van der Waals surface area contributed by atoms with Gasteiger partial charge < -0.3 is 5.32 Å². The maximum absolute atomic E-state index is 11.0. The van der Waals surface area contributed by atoms with E-state index in [-0.39, 0.29) is 5.75 Å². The van der Waals surface area contributed by atoms with E-state index in [2.05, 4.69) is 20.4 Å². The zero-order chi connectivity index (χ0) is 11.3. The molecule has 0 radical (unpaired) electrons. The normalized spacial score (nSPS) is 11.9. The number of aromatic nitrogens is 3. The number of hydrogen-bond donors (Lipinski definition) is 2. The van der Waals surface area contributed by atoms with Gasteiger partial charge in [0.2, 0.25) is 10.0 Å². The number of sulfonamides is 1. The molecule has 8 heteroatoms. The molecule has 1 aromatic rings. The Bertz CT molecular complexity index is 399. The van der Waals surface area contributed by atoms with E-state index in [1.54, 1.807) is 17.9 Å². The van der Waals surface area contributed by atoms with Crippen molar-refractivity contribution in [1.29, 1.82) is 0 Å². The van der Waals surface area contributed by atoms with Crippen molar-refractivity contribution in [2.24, 2.45) is 7.05 Å². The van der Waals surface area contributed by atoms with Crippen molar-refractivity contribution in [3.05, 3.63) is 11.9 Å². The van der Waals surface area contributed by atoms with Gasteiger partial charge >= 0.3 is 0 Å². The van der Waals surface area contributed by atoms with Crippen LogP contribution in [0.25, 0.3) is 0 Å². The molecule has 0 unspecified atom stereocenters. The van der Waals surface area contributed by atoms with Crippen LogP contribution in [0.15, 0.2) is 6.20 Å². The third-order valence-corrected chi connectivity index (χ3v) is 3.18. The predicted molar refractivity (Wildman–Crippen MR) is 55.6 cm³/mol. The highest BCUT2D eigenvalue weighted by Gasteiger charge is 2.05. The van der Waals surface area contributed by atoms with Crippen LogP contribution in [0.3, 0.4) is 0 Å². The van der Waals surface area contributed by atoms with Gasteiger partial charge in [-0.25, -0.2) is 13.1 Å². The van der Waals surface area contributed by atoms with E-state index in [9.17, 15) is 8.42 Å². The quantitative estimate of drug-likeness (QED) is 0.581.